The van der Waals surface area contributed by atoms with Gasteiger partial charge < -0.3 is 9.47 Å². The molecule has 2 heterocycles. The molecule has 1 fully saturated rings. The Bertz CT molecular complexity index is 642. The highest BCUT2D eigenvalue weighted by Gasteiger charge is 2.13. The Balaban J connectivity index is 1.86. The minimum Gasteiger partial charge on any atom is -0.496 e. The van der Waals surface area contributed by atoms with Crippen LogP contribution in [0.2, 0.25) is 0 Å². The van der Waals surface area contributed by atoms with Gasteiger partial charge in [0.15, 0.2) is 0 Å². The summed E-state index contributed by atoms with van der Waals surface area (Å²) in [6.07, 6.45) is 3.59. The molecule has 3 rings (SSSR count). The maximum absolute atomic E-state index is 13.5. The average molecular weight is 302 g/mol. The van der Waals surface area contributed by atoms with Crippen LogP contribution in [0.1, 0.15) is 5.56 Å². The number of hydrogen-bond donors (Lipinski definition) is 0. The number of aromatic nitrogens is 1. The SMILES string of the molecule is COc1ccc(F)cc1-c1cncc(CN2CCOCC2)c1. The van der Waals surface area contributed by atoms with Crippen LogP contribution in [0.15, 0.2) is 36.7 Å². The molecule has 4 nitrogen and oxygen atoms in total. The van der Waals surface area contributed by atoms with Crippen LogP contribution in [-0.2, 0) is 11.3 Å². The lowest BCUT2D eigenvalue weighted by molar-refractivity contribution is 0.0341. The molecule has 1 saturated heterocycles. The predicted molar refractivity (Wildman–Crippen MR) is 82.3 cm³/mol. The summed E-state index contributed by atoms with van der Waals surface area (Å²) in [6, 6.07) is 6.56. The van der Waals surface area contributed by atoms with E-state index in [1.165, 1.54) is 12.1 Å². The van der Waals surface area contributed by atoms with Gasteiger partial charge >= 0.3 is 0 Å². The van der Waals surface area contributed by atoms with Crippen LogP contribution in [0.5, 0.6) is 5.75 Å². The second-order valence-corrected chi connectivity index (χ2v) is 5.31. The second-order valence-electron chi connectivity index (χ2n) is 5.31. The normalized spacial score (nSPS) is 15.7. The van der Waals surface area contributed by atoms with Gasteiger partial charge in [0, 0.05) is 43.2 Å². The van der Waals surface area contributed by atoms with Gasteiger partial charge in [0.1, 0.15) is 11.6 Å². The van der Waals surface area contributed by atoms with E-state index in [9.17, 15) is 4.39 Å². The topological polar surface area (TPSA) is 34.6 Å². The highest BCUT2D eigenvalue weighted by atomic mass is 19.1. The third-order valence-electron chi connectivity index (χ3n) is 3.78. The Morgan fingerprint density at radius 1 is 1.23 bits per heavy atom. The Kier molecular flexibility index (Phi) is 4.65. The fraction of sp³-hybridized carbons (Fsp3) is 0.353. The molecule has 0 saturated carbocycles. The van der Waals surface area contributed by atoms with Gasteiger partial charge in [-0.25, -0.2) is 4.39 Å². The fourth-order valence-electron chi connectivity index (χ4n) is 2.64. The number of nitrogens with zero attached hydrogens (tertiary/aromatic N) is 2. The Hall–Kier alpha value is -1.98. The van der Waals surface area contributed by atoms with Crippen molar-refractivity contribution < 1.29 is 13.9 Å². The van der Waals surface area contributed by atoms with E-state index in [-0.39, 0.29) is 5.82 Å². The summed E-state index contributed by atoms with van der Waals surface area (Å²) in [5.74, 6) is 0.362. The summed E-state index contributed by atoms with van der Waals surface area (Å²) >= 11 is 0. The first-order valence-electron chi connectivity index (χ1n) is 7.34. The molecule has 0 amide bonds. The van der Waals surface area contributed by atoms with Gasteiger partial charge in [0.05, 0.1) is 20.3 Å². The third-order valence-corrected chi connectivity index (χ3v) is 3.78. The lowest BCUT2D eigenvalue weighted by Gasteiger charge is -2.26. The van der Waals surface area contributed by atoms with Crippen molar-refractivity contribution in [1.82, 2.24) is 9.88 Å². The van der Waals surface area contributed by atoms with Crippen LogP contribution in [0.3, 0.4) is 0 Å². The summed E-state index contributed by atoms with van der Waals surface area (Å²) in [5.41, 5.74) is 2.69. The highest BCUT2D eigenvalue weighted by Crippen LogP contribution is 2.30. The molecule has 0 N–H and O–H groups in total. The molecule has 2 aromatic rings. The van der Waals surface area contributed by atoms with E-state index in [0.717, 1.165) is 49.5 Å². The zero-order chi connectivity index (χ0) is 15.4. The Morgan fingerprint density at radius 3 is 2.82 bits per heavy atom. The van der Waals surface area contributed by atoms with Crippen LogP contribution in [0.25, 0.3) is 11.1 Å². The van der Waals surface area contributed by atoms with E-state index in [4.69, 9.17) is 9.47 Å². The van der Waals surface area contributed by atoms with Crippen LogP contribution in [0, 0.1) is 5.82 Å². The first-order valence-corrected chi connectivity index (χ1v) is 7.34. The summed E-state index contributed by atoms with van der Waals surface area (Å²) in [6.45, 7) is 4.21. The molecule has 5 heteroatoms. The van der Waals surface area contributed by atoms with Crippen molar-refractivity contribution in [2.24, 2.45) is 0 Å². The minimum absolute atomic E-state index is 0.283. The molecule has 1 aromatic heterocycles. The van der Waals surface area contributed by atoms with Crippen molar-refractivity contribution >= 4 is 0 Å². The van der Waals surface area contributed by atoms with Crippen LogP contribution < -0.4 is 4.74 Å². The number of rotatable bonds is 4. The van der Waals surface area contributed by atoms with Gasteiger partial charge in [-0.1, -0.05) is 0 Å². The molecular weight excluding hydrogens is 283 g/mol. The summed E-state index contributed by atoms with van der Waals surface area (Å²) in [4.78, 5) is 6.62. The van der Waals surface area contributed by atoms with E-state index in [1.807, 2.05) is 12.3 Å². The minimum atomic E-state index is -0.283. The van der Waals surface area contributed by atoms with E-state index in [2.05, 4.69) is 9.88 Å². The van der Waals surface area contributed by atoms with Crippen LogP contribution in [-0.4, -0.2) is 43.3 Å². The molecule has 1 aromatic carbocycles. The van der Waals surface area contributed by atoms with Crippen molar-refractivity contribution in [3.63, 3.8) is 0 Å². The smallest absolute Gasteiger partial charge is 0.126 e. The largest absolute Gasteiger partial charge is 0.496 e. The number of morpholine rings is 1. The van der Waals surface area contributed by atoms with E-state index >= 15 is 0 Å². The van der Waals surface area contributed by atoms with Crippen molar-refractivity contribution in [2.75, 3.05) is 33.4 Å². The third kappa shape index (κ3) is 3.43. The fourth-order valence-corrected chi connectivity index (χ4v) is 2.64. The zero-order valence-electron chi connectivity index (χ0n) is 12.6. The summed E-state index contributed by atoms with van der Waals surface area (Å²) in [5, 5.41) is 0. The number of ether oxygens (including phenoxy) is 2. The number of pyridine rings is 1. The molecule has 0 unspecified atom stereocenters. The zero-order valence-corrected chi connectivity index (χ0v) is 12.6. The monoisotopic (exact) mass is 302 g/mol. The van der Waals surface area contributed by atoms with Gasteiger partial charge in [-0.05, 0) is 29.8 Å². The molecule has 1 aliphatic heterocycles. The average Bonchev–Trinajstić information content (AvgIpc) is 2.56. The number of benzene rings is 1. The van der Waals surface area contributed by atoms with Gasteiger partial charge in [0.25, 0.3) is 0 Å². The highest BCUT2D eigenvalue weighted by molar-refractivity contribution is 5.70. The Labute approximate surface area is 129 Å². The summed E-state index contributed by atoms with van der Waals surface area (Å²) in [7, 11) is 1.59. The first-order chi connectivity index (χ1) is 10.8. The van der Waals surface area contributed by atoms with Crippen LogP contribution in [0.4, 0.5) is 4.39 Å². The molecule has 22 heavy (non-hydrogen) atoms. The van der Waals surface area contributed by atoms with E-state index in [1.54, 1.807) is 19.4 Å². The molecule has 0 spiro atoms. The van der Waals surface area contributed by atoms with Gasteiger partial charge in [-0.15, -0.1) is 0 Å². The van der Waals surface area contributed by atoms with Gasteiger partial charge in [0.2, 0.25) is 0 Å². The molecular formula is C17H19FN2O2. The maximum atomic E-state index is 13.5. The standard InChI is InChI=1S/C17H19FN2O2/c1-21-17-3-2-15(18)9-16(17)14-8-13(10-19-11-14)12-20-4-6-22-7-5-20/h2-3,8-11H,4-7,12H2,1H3. The molecule has 0 aliphatic carbocycles. The lowest BCUT2D eigenvalue weighted by atomic mass is 10.0. The molecule has 0 bridgehead atoms. The Morgan fingerprint density at radius 2 is 2.05 bits per heavy atom. The second kappa shape index (κ2) is 6.85. The number of hydrogen-bond acceptors (Lipinski definition) is 4. The van der Waals surface area contributed by atoms with E-state index in [0.29, 0.717) is 5.75 Å². The molecule has 1 aliphatic rings. The lowest BCUT2D eigenvalue weighted by Crippen LogP contribution is -2.35. The molecule has 0 atom stereocenters. The predicted octanol–water partition coefficient (Wildman–Crippen LogP) is 2.73. The number of methoxy groups -OCH3 is 1. The maximum Gasteiger partial charge on any atom is 0.126 e. The molecule has 116 valence electrons. The quantitative estimate of drug-likeness (QED) is 0.870. The van der Waals surface area contributed by atoms with Crippen LogP contribution >= 0.6 is 0 Å². The van der Waals surface area contributed by atoms with Crippen molar-refractivity contribution in [2.45, 2.75) is 6.54 Å². The number of halogens is 1. The van der Waals surface area contributed by atoms with Crippen molar-refractivity contribution in [3.8, 4) is 16.9 Å². The first kappa shape index (κ1) is 14.9. The van der Waals surface area contributed by atoms with E-state index < -0.39 is 0 Å². The molecule has 0 radical (unpaired) electrons. The van der Waals surface area contributed by atoms with Gasteiger partial charge in [-0.3, -0.25) is 9.88 Å². The van der Waals surface area contributed by atoms with Crippen molar-refractivity contribution in [1.29, 1.82) is 0 Å². The summed E-state index contributed by atoms with van der Waals surface area (Å²) < 4.78 is 24.2. The van der Waals surface area contributed by atoms with Gasteiger partial charge in [-0.2, -0.15) is 0 Å². The van der Waals surface area contributed by atoms with Crippen molar-refractivity contribution in [3.05, 3.63) is 48.0 Å².